The molecule has 0 radical (unpaired) electrons. The number of anilines is 1. The van der Waals surface area contributed by atoms with E-state index in [0.29, 0.717) is 12.5 Å². The summed E-state index contributed by atoms with van der Waals surface area (Å²) in [6.07, 6.45) is 3.56. The summed E-state index contributed by atoms with van der Waals surface area (Å²) in [5.74, 6) is -2.10. The Morgan fingerprint density at radius 1 is 1.24 bits per heavy atom. The molecule has 1 saturated carbocycles. The van der Waals surface area contributed by atoms with E-state index in [1.165, 1.54) is 0 Å². The molecule has 21 heavy (non-hydrogen) atoms. The van der Waals surface area contributed by atoms with Gasteiger partial charge in [-0.3, -0.25) is 0 Å². The zero-order valence-corrected chi connectivity index (χ0v) is 12.9. The van der Waals surface area contributed by atoms with Crippen molar-refractivity contribution in [3.05, 3.63) is 23.8 Å². The average molecular weight is 318 g/mol. The van der Waals surface area contributed by atoms with Gasteiger partial charge in [0.15, 0.2) is 0 Å². The maximum absolute atomic E-state index is 13.8. The van der Waals surface area contributed by atoms with Gasteiger partial charge in [0.05, 0.1) is 5.69 Å². The van der Waals surface area contributed by atoms with Gasteiger partial charge >= 0.3 is 0 Å². The minimum Gasteiger partial charge on any atom is -0.396 e. The molecule has 2 rings (SSSR count). The van der Waals surface area contributed by atoms with E-state index in [4.69, 9.17) is 5.73 Å². The largest absolute Gasteiger partial charge is 0.396 e. The number of sulfonamides is 1. The molecule has 7 heteroatoms. The van der Waals surface area contributed by atoms with Crippen LogP contribution in [0.15, 0.2) is 17.0 Å². The third-order valence-electron chi connectivity index (χ3n) is 4.15. The molecule has 0 aromatic heterocycles. The molecule has 1 aromatic carbocycles. The summed E-state index contributed by atoms with van der Waals surface area (Å²) in [5, 5.41) is 0. The molecule has 0 saturated heterocycles. The Bertz CT molecular complexity index is 645. The lowest BCUT2D eigenvalue weighted by atomic mass is 9.74. The van der Waals surface area contributed by atoms with E-state index in [-0.39, 0.29) is 17.1 Å². The van der Waals surface area contributed by atoms with Gasteiger partial charge in [0.2, 0.25) is 10.0 Å². The molecule has 1 aromatic rings. The minimum absolute atomic E-state index is 0.201. The number of hydrogen-bond donors (Lipinski definition) is 2. The van der Waals surface area contributed by atoms with E-state index >= 15 is 0 Å². The lowest BCUT2D eigenvalue weighted by molar-refractivity contribution is 0.188. The summed E-state index contributed by atoms with van der Waals surface area (Å²) in [6.45, 7) is 3.96. The van der Waals surface area contributed by atoms with Crippen molar-refractivity contribution in [3.8, 4) is 0 Å². The van der Waals surface area contributed by atoms with Crippen LogP contribution in [0, 0.1) is 17.0 Å². The van der Waals surface area contributed by atoms with Crippen molar-refractivity contribution < 1.29 is 17.2 Å². The molecule has 0 bridgehead atoms. The smallest absolute Gasteiger partial charge is 0.243 e. The molecule has 0 aliphatic heterocycles. The van der Waals surface area contributed by atoms with E-state index < -0.39 is 26.6 Å². The molecule has 3 N–H and O–H groups in total. The first-order valence-corrected chi connectivity index (χ1v) is 8.39. The first kappa shape index (κ1) is 16.2. The standard InChI is InChI=1S/C14H20F2N2O2S/c1-14(2)6-4-3-5-13(14)18-21(19,20)12-8-11(17)9(15)7-10(12)16/h7-8,13,18H,3-6,17H2,1-2H3. The predicted molar refractivity (Wildman–Crippen MR) is 77.1 cm³/mol. The van der Waals surface area contributed by atoms with Crippen LogP contribution in [0.4, 0.5) is 14.5 Å². The highest BCUT2D eigenvalue weighted by Gasteiger charge is 2.36. The summed E-state index contributed by atoms with van der Waals surface area (Å²) < 4.78 is 54.1. The Balaban J connectivity index is 2.32. The molecule has 1 atom stereocenters. The highest BCUT2D eigenvalue weighted by molar-refractivity contribution is 7.89. The summed E-state index contributed by atoms with van der Waals surface area (Å²) in [6, 6.07) is 1.04. The fraction of sp³-hybridized carbons (Fsp3) is 0.571. The normalized spacial score (nSPS) is 22.2. The van der Waals surface area contributed by atoms with Gasteiger partial charge in [-0.2, -0.15) is 0 Å². The minimum atomic E-state index is -4.07. The van der Waals surface area contributed by atoms with Crippen LogP contribution in [0.1, 0.15) is 39.5 Å². The highest BCUT2D eigenvalue weighted by Crippen LogP contribution is 2.36. The van der Waals surface area contributed by atoms with Gasteiger partial charge in [-0.05, 0) is 24.3 Å². The van der Waals surface area contributed by atoms with Crippen molar-refractivity contribution >= 4 is 15.7 Å². The summed E-state index contributed by atoms with van der Waals surface area (Å²) in [4.78, 5) is -0.609. The van der Waals surface area contributed by atoms with Crippen LogP contribution in [0.3, 0.4) is 0 Å². The zero-order chi connectivity index (χ0) is 15.8. The zero-order valence-electron chi connectivity index (χ0n) is 12.1. The van der Waals surface area contributed by atoms with Crippen LogP contribution in [0.5, 0.6) is 0 Å². The first-order chi connectivity index (χ1) is 9.63. The number of nitrogens with one attached hydrogen (secondary N) is 1. The van der Waals surface area contributed by atoms with Gasteiger partial charge in [-0.15, -0.1) is 0 Å². The summed E-state index contributed by atoms with van der Waals surface area (Å²) in [7, 11) is -4.07. The third kappa shape index (κ3) is 3.35. The molecule has 118 valence electrons. The lowest BCUT2D eigenvalue weighted by Gasteiger charge is -2.38. The lowest BCUT2D eigenvalue weighted by Crippen LogP contribution is -2.46. The van der Waals surface area contributed by atoms with Gasteiger partial charge < -0.3 is 5.73 Å². The average Bonchev–Trinajstić information content (AvgIpc) is 2.36. The molecule has 0 spiro atoms. The second-order valence-corrected chi connectivity index (χ2v) is 7.89. The monoisotopic (exact) mass is 318 g/mol. The van der Waals surface area contributed by atoms with Crippen LogP contribution in [0.2, 0.25) is 0 Å². The number of halogens is 2. The molecule has 0 amide bonds. The molecule has 1 aliphatic carbocycles. The Hall–Kier alpha value is -1.21. The van der Waals surface area contributed by atoms with Crippen LogP contribution in [-0.2, 0) is 10.0 Å². The van der Waals surface area contributed by atoms with E-state index in [0.717, 1.165) is 25.3 Å². The SMILES string of the molecule is CC1(C)CCCCC1NS(=O)(=O)c1cc(N)c(F)cc1F. The molecular weight excluding hydrogens is 298 g/mol. The van der Waals surface area contributed by atoms with Crippen LogP contribution >= 0.6 is 0 Å². The van der Waals surface area contributed by atoms with Crippen molar-refractivity contribution in [1.82, 2.24) is 4.72 Å². The number of nitrogen functional groups attached to an aromatic ring is 1. The first-order valence-electron chi connectivity index (χ1n) is 6.90. The maximum Gasteiger partial charge on any atom is 0.243 e. The van der Waals surface area contributed by atoms with Crippen molar-refractivity contribution in [2.45, 2.75) is 50.5 Å². The fourth-order valence-corrected chi connectivity index (χ4v) is 4.25. The summed E-state index contributed by atoms with van der Waals surface area (Å²) in [5.41, 5.74) is 4.75. The molecule has 0 heterocycles. The molecule has 1 unspecified atom stereocenters. The van der Waals surface area contributed by atoms with Gasteiger partial charge in [0, 0.05) is 12.1 Å². The number of hydrogen-bond acceptors (Lipinski definition) is 3. The van der Waals surface area contributed by atoms with Gasteiger partial charge in [0.25, 0.3) is 0 Å². The van der Waals surface area contributed by atoms with Gasteiger partial charge in [-0.1, -0.05) is 26.7 Å². The number of rotatable bonds is 3. The quantitative estimate of drug-likeness (QED) is 0.842. The predicted octanol–water partition coefficient (Wildman–Crippen LogP) is 2.79. The molecule has 1 fully saturated rings. The van der Waals surface area contributed by atoms with E-state index in [1.807, 2.05) is 13.8 Å². The number of nitrogens with two attached hydrogens (primary N) is 1. The Labute approximate surface area is 123 Å². The molecule has 1 aliphatic rings. The number of benzene rings is 1. The van der Waals surface area contributed by atoms with Crippen molar-refractivity contribution in [2.24, 2.45) is 5.41 Å². The maximum atomic E-state index is 13.8. The summed E-state index contributed by atoms with van der Waals surface area (Å²) >= 11 is 0. The molecule has 4 nitrogen and oxygen atoms in total. The topological polar surface area (TPSA) is 72.2 Å². The Kier molecular flexibility index (Phi) is 4.26. The van der Waals surface area contributed by atoms with Gasteiger partial charge in [-0.25, -0.2) is 21.9 Å². The van der Waals surface area contributed by atoms with Gasteiger partial charge in [0.1, 0.15) is 16.5 Å². The van der Waals surface area contributed by atoms with Crippen molar-refractivity contribution in [1.29, 1.82) is 0 Å². The second kappa shape index (κ2) is 5.53. The van der Waals surface area contributed by atoms with E-state index in [1.54, 1.807) is 0 Å². The Morgan fingerprint density at radius 3 is 2.52 bits per heavy atom. The Morgan fingerprint density at radius 2 is 1.90 bits per heavy atom. The highest BCUT2D eigenvalue weighted by atomic mass is 32.2. The van der Waals surface area contributed by atoms with E-state index in [2.05, 4.69) is 4.72 Å². The van der Waals surface area contributed by atoms with Crippen LogP contribution in [-0.4, -0.2) is 14.5 Å². The third-order valence-corrected chi connectivity index (χ3v) is 5.63. The van der Waals surface area contributed by atoms with E-state index in [9.17, 15) is 17.2 Å². The van der Waals surface area contributed by atoms with Crippen LogP contribution in [0.25, 0.3) is 0 Å². The van der Waals surface area contributed by atoms with Crippen LogP contribution < -0.4 is 10.5 Å². The second-order valence-electron chi connectivity index (χ2n) is 6.21. The fourth-order valence-electron chi connectivity index (χ4n) is 2.71. The van der Waals surface area contributed by atoms with Crippen molar-refractivity contribution in [3.63, 3.8) is 0 Å². The molecular formula is C14H20F2N2O2S. The van der Waals surface area contributed by atoms with Crippen molar-refractivity contribution in [2.75, 3.05) is 5.73 Å².